The van der Waals surface area contributed by atoms with Crippen molar-refractivity contribution in [1.29, 1.82) is 0 Å². The van der Waals surface area contributed by atoms with Gasteiger partial charge in [0, 0.05) is 7.11 Å². The highest BCUT2D eigenvalue weighted by Crippen LogP contribution is 2.56. The molecule has 3 fully saturated rings. The smallest absolute Gasteiger partial charge is 0.387 e. The highest BCUT2D eigenvalue weighted by atomic mass is 32.5. The lowest BCUT2D eigenvalue weighted by atomic mass is 9.98. The Hall–Kier alpha value is -2.85. The van der Waals surface area contributed by atoms with Crippen molar-refractivity contribution in [2.24, 2.45) is 0 Å². The van der Waals surface area contributed by atoms with Gasteiger partial charge in [0.05, 0.1) is 39.0 Å². The molecule has 7 heterocycles. The molecule has 4 aromatic rings. The van der Waals surface area contributed by atoms with E-state index in [1.54, 1.807) is 0 Å². The number of ether oxygens (including phenoxy) is 2. The van der Waals surface area contributed by atoms with Crippen molar-refractivity contribution in [2.75, 3.05) is 38.4 Å². The molecule has 3 saturated heterocycles. The van der Waals surface area contributed by atoms with Crippen molar-refractivity contribution in [3.63, 3.8) is 0 Å². The van der Waals surface area contributed by atoms with Gasteiger partial charge >= 0.3 is 14.5 Å². The Bertz CT molecular complexity index is 1890. The molecule has 0 saturated carbocycles. The minimum atomic E-state index is -4.59. The number of aromatic nitrogens is 8. The largest absolute Gasteiger partial charge is 0.475 e. The lowest BCUT2D eigenvalue weighted by molar-refractivity contribution is -0.0641. The zero-order chi connectivity index (χ0) is 32.4. The molecule has 24 heteroatoms. The molecule has 0 amide bonds. The number of hydrogen-bond acceptors (Lipinski definition) is 18. The molecule has 0 aromatic carbocycles. The van der Waals surface area contributed by atoms with E-state index in [9.17, 15) is 14.6 Å². The first kappa shape index (κ1) is 31.7. The molecule has 2 bridgehead atoms. The van der Waals surface area contributed by atoms with Gasteiger partial charge in [0.2, 0.25) is 0 Å². The van der Waals surface area contributed by atoms with Crippen molar-refractivity contribution in [2.45, 2.75) is 49.0 Å². The SMILES string of the molecule is COP1(=O)OC[C@H]2OC(n3cnc4c(N)ncnc43)C(OP(O)(=S)OC[C@H]3OCC(F)(Cn4cnc5c(N)ncnc54)C3O1)C2O. The molecule has 7 unspecified atom stereocenters. The number of aliphatic hydroxyl groups is 1. The number of hydrogen-bond donors (Lipinski definition) is 4. The third-order valence-electron chi connectivity index (χ3n) is 7.74. The van der Waals surface area contributed by atoms with Crippen LogP contribution in [0.5, 0.6) is 0 Å². The summed E-state index contributed by atoms with van der Waals surface area (Å²) < 4.78 is 72.8. The minimum Gasteiger partial charge on any atom is -0.387 e. The molecule has 9 atom stereocenters. The first-order valence-corrected chi connectivity index (χ1v) is 17.6. The molecule has 20 nitrogen and oxygen atoms in total. The van der Waals surface area contributed by atoms with Gasteiger partial charge in [-0.2, -0.15) is 0 Å². The number of anilines is 2. The van der Waals surface area contributed by atoms with E-state index in [2.05, 4.69) is 29.9 Å². The van der Waals surface area contributed by atoms with E-state index in [-0.39, 0.29) is 34.0 Å². The van der Waals surface area contributed by atoms with Crippen LogP contribution in [0.3, 0.4) is 0 Å². The van der Waals surface area contributed by atoms with E-state index in [0.717, 1.165) is 7.11 Å². The average Bonchev–Trinajstić information content (AvgIpc) is 3.78. The van der Waals surface area contributed by atoms with Crippen molar-refractivity contribution >= 4 is 60.3 Å². The van der Waals surface area contributed by atoms with Gasteiger partial charge in [0.25, 0.3) is 0 Å². The van der Waals surface area contributed by atoms with Crippen molar-refractivity contribution in [3.8, 4) is 0 Å². The molecule has 7 rings (SSSR count). The second kappa shape index (κ2) is 11.7. The van der Waals surface area contributed by atoms with Crippen molar-refractivity contribution < 1.29 is 51.0 Å². The number of aliphatic hydroxyl groups excluding tert-OH is 1. The van der Waals surface area contributed by atoms with Gasteiger partial charge < -0.3 is 40.0 Å². The number of imidazole rings is 2. The van der Waals surface area contributed by atoms with Gasteiger partial charge in [0.1, 0.15) is 54.2 Å². The van der Waals surface area contributed by atoms with E-state index >= 15 is 4.39 Å². The average molecular weight is 705 g/mol. The maximum absolute atomic E-state index is 16.8. The number of halogens is 1. The summed E-state index contributed by atoms with van der Waals surface area (Å²) in [5.41, 5.74) is 10.3. The lowest BCUT2D eigenvalue weighted by Gasteiger charge is -2.31. The maximum atomic E-state index is 16.8. The first-order valence-electron chi connectivity index (χ1n) is 13.5. The summed E-state index contributed by atoms with van der Waals surface area (Å²) in [6.07, 6.45) is -3.31. The number of phosphoric ester groups is 1. The molecule has 4 aromatic heterocycles. The monoisotopic (exact) mass is 704 g/mol. The number of alkyl halides is 1. The van der Waals surface area contributed by atoms with Crippen LogP contribution in [-0.2, 0) is 55.0 Å². The van der Waals surface area contributed by atoms with E-state index in [1.165, 1.54) is 34.4 Å². The number of nitrogen functional groups attached to an aromatic ring is 2. The van der Waals surface area contributed by atoms with Crippen LogP contribution in [-0.4, -0.2) is 112 Å². The van der Waals surface area contributed by atoms with Crippen LogP contribution in [0.1, 0.15) is 6.23 Å². The predicted octanol–water partition coefficient (Wildman–Crippen LogP) is -0.0155. The molecule has 0 aliphatic carbocycles. The van der Waals surface area contributed by atoms with E-state index in [4.69, 9.17) is 55.4 Å². The highest BCUT2D eigenvalue weighted by molar-refractivity contribution is 8.07. The molecule has 0 radical (unpaired) electrons. The summed E-state index contributed by atoms with van der Waals surface area (Å²) in [5, 5.41) is 11.2. The second-order valence-electron chi connectivity index (χ2n) is 10.6. The zero-order valence-electron chi connectivity index (χ0n) is 23.7. The van der Waals surface area contributed by atoms with Crippen LogP contribution in [0, 0.1) is 0 Å². The number of nitrogens with zero attached hydrogens (tertiary/aromatic N) is 8. The van der Waals surface area contributed by atoms with Crippen LogP contribution >= 0.6 is 14.5 Å². The maximum Gasteiger partial charge on any atom is 0.475 e. The Kier molecular flexibility index (Phi) is 8.06. The Balaban J connectivity index is 1.20. The molecule has 248 valence electrons. The number of fused-ring (bicyclic) bond motifs is 5. The van der Waals surface area contributed by atoms with Crippen LogP contribution in [0.25, 0.3) is 22.3 Å². The number of nitrogens with two attached hydrogens (primary N) is 2. The van der Waals surface area contributed by atoms with E-state index in [0.29, 0.717) is 0 Å². The summed E-state index contributed by atoms with van der Waals surface area (Å²) in [4.78, 5) is 35.5. The van der Waals surface area contributed by atoms with E-state index < -0.39 is 83.3 Å². The fourth-order valence-corrected chi connectivity index (χ4v) is 8.11. The van der Waals surface area contributed by atoms with Crippen LogP contribution in [0.4, 0.5) is 16.0 Å². The number of phosphoric acid groups is 1. The van der Waals surface area contributed by atoms with Gasteiger partial charge in [-0.05, 0) is 11.8 Å². The Morgan fingerprint density at radius 1 is 1.04 bits per heavy atom. The van der Waals surface area contributed by atoms with Gasteiger partial charge in [-0.3, -0.25) is 22.7 Å². The summed E-state index contributed by atoms with van der Waals surface area (Å²) in [6, 6.07) is 0. The van der Waals surface area contributed by atoms with Crippen LogP contribution in [0.15, 0.2) is 25.3 Å². The molecule has 46 heavy (non-hydrogen) atoms. The fourth-order valence-electron chi connectivity index (χ4n) is 5.51. The van der Waals surface area contributed by atoms with Gasteiger partial charge in [-0.1, -0.05) is 0 Å². The summed E-state index contributed by atoms with van der Waals surface area (Å²) in [7, 11) is -3.55. The zero-order valence-corrected chi connectivity index (χ0v) is 26.3. The molecular formula is C22H27FN10O10P2S. The third-order valence-corrected chi connectivity index (χ3v) is 10.7. The minimum absolute atomic E-state index is 0.0873. The molecule has 3 aliphatic rings. The van der Waals surface area contributed by atoms with Gasteiger partial charge in [0.15, 0.2) is 34.8 Å². The van der Waals surface area contributed by atoms with Gasteiger partial charge in [-0.25, -0.2) is 38.9 Å². The normalized spacial score (nSPS) is 37.1. The topological polar surface area (TPSA) is 261 Å². The third kappa shape index (κ3) is 5.57. The van der Waals surface area contributed by atoms with Gasteiger partial charge in [-0.15, -0.1) is 0 Å². The molecule has 6 N–H and O–H groups in total. The van der Waals surface area contributed by atoms with Crippen LogP contribution in [0.2, 0.25) is 0 Å². The fraction of sp³-hybridized carbons (Fsp3) is 0.545. The highest BCUT2D eigenvalue weighted by Gasteiger charge is 2.57. The summed E-state index contributed by atoms with van der Waals surface area (Å²) in [5.74, 6) is 0.179. The second-order valence-corrected chi connectivity index (χ2v) is 15.1. The Morgan fingerprint density at radius 3 is 2.46 bits per heavy atom. The lowest BCUT2D eigenvalue weighted by Crippen LogP contribution is -2.46. The van der Waals surface area contributed by atoms with Crippen LogP contribution < -0.4 is 11.5 Å². The number of rotatable bonds is 4. The Labute approximate surface area is 263 Å². The summed E-state index contributed by atoms with van der Waals surface area (Å²) in [6.45, 7) is -6.41. The summed E-state index contributed by atoms with van der Waals surface area (Å²) >= 11 is 5.26. The van der Waals surface area contributed by atoms with Crippen molar-refractivity contribution in [3.05, 3.63) is 25.3 Å². The quantitative estimate of drug-likeness (QED) is 0.203. The first-order chi connectivity index (χ1) is 21.9. The predicted molar refractivity (Wildman–Crippen MR) is 156 cm³/mol. The molecule has 3 aliphatic heterocycles. The molecular weight excluding hydrogens is 677 g/mol. The van der Waals surface area contributed by atoms with Crippen molar-refractivity contribution in [1.82, 2.24) is 39.0 Å². The van der Waals surface area contributed by atoms with E-state index in [1.807, 2.05) is 0 Å². The molecule has 0 spiro atoms. The standard InChI is InChI=1S/C22H27FN10O10P2S/c1-37-44(35)39-2-10-14(34)15(21(41-10)33-9-31-13-18(25)27-7-29-20(13)33)42-45(36,46)40-3-11-16(43-44)22(23,5-38-11)4-32-8-30-12-17(24)26-6-28-19(12)32/h6-11,14-16,21,34H,2-5H2,1H3,(H,36,46)(H2,24,26,28)(H2,25,27,29)/t10-,11-,14?,15?,16?,21?,22?,44?,45?/m1/s1. The Morgan fingerprint density at radius 2 is 1.72 bits per heavy atom.